The van der Waals surface area contributed by atoms with Gasteiger partial charge in [-0.15, -0.1) is 0 Å². The number of imide groups is 2. The fourth-order valence-corrected chi connectivity index (χ4v) is 4.60. The average molecular weight is 383 g/mol. The van der Waals surface area contributed by atoms with Gasteiger partial charge in [0.15, 0.2) is 5.92 Å². The SMILES string of the molecule is COC(=O)c1ccccc1N=C[C@H]1C(=O)NC(=O)N([C@H]2C[C@H]3CC[C@H]2C3)C1=O. The highest BCUT2D eigenvalue weighted by Crippen LogP contribution is 2.47. The number of carbonyl (C=O) groups is 4. The number of barbiturate groups is 1. The Morgan fingerprint density at radius 3 is 2.68 bits per heavy atom. The number of para-hydroxylation sites is 1. The molecule has 0 spiro atoms. The van der Waals surface area contributed by atoms with Gasteiger partial charge in [-0.1, -0.05) is 18.6 Å². The van der Waals surface area contributed by atoms with Crippen molar-refractivity contribution in [2.75, 3.05) is 7.11 Å². The number of rotatable bonds is 4. The van der Waals surface area contributed by atoms with Crippen molar-refractivity contribution in [1.82, 2.24) is 10.2 Å². The van der Waals surface area contributed by atoms with E-state index in [-0.39, 0.29) is 11.6 Å². The quantitative estimate of drug-likeness (QED) is 0.487. The molecule has 1 aliphatic heterocycles. The van der Waals surface area contributed by atoms with Gasteiger partial charge in [-0.05, 0) is 43.2 Å². The molecule has 2 bridgehead atoms. The summed E-state index contributed by atoms with van der Waals surface area (Å²) in [5.74, 6) is -2.16. The van der Waals surface area contributed by atoms with Gasteiger partial charge < -0.3 is 4.74 Å². The smallest absolute Gasteiger partial charge is 0.340 e. The van der Waals surface area contributed by atoms with E-state index in [2.05, 4.69) is 10.3 Å². The molecule has 2 saturated carbocycles. The van der Waals surface area contributed by atoms with Gasteiger partial charge in [0, 0.05) is 12.3 Å². The second-order valence-electron chi connectivity index (χ2n) is 7.51. The molecule has 8 heteroatoms. The van der Waals surface area contributed by atoms with E-state index in [9.17, 15) is 19.2 Å². The molecule has 1 heterocycles. The van der Waals surface area contributed by atoms with E-state index in [0.29, 0.717) is 17.5 Å². The first-order chi connectivity index (χ1) is 13.5. The van der Waals surface area contributed by atoms with Crippen LogP contribution >= 0.6 is 0 Å². The van der Waals surface area contributed by atoms with E-state index in [1.807, 2.05) is 0 Å². The van der Waals surface area contributed by atoms with E-state index >= 15 is 0 Å². The molecule has 146 valence electrons. The Labute approximate surface area is 161 Å². The van der Waals surface area contributed by atoms with Crippen molar-refractivity contribution >= 4 is 35.7 Å². The Bertz CT molecular complexity index is 880. The Morgan fingerprint density at radius 1 is 1.21 bits per heavy atom. The third-order valence-electron chi connectivity index (χ3n) is 5.94. The maximum Gasteiger partial charge on any atom is 0.340 e. The lowest BCUT2D eigenvalue weighted by molar-refractivity contribution is -0.141. The minimum Gasteiger partial charge on any atom is -0.465 e. The molecule has 4 amide bonds. The van der Waals surface area contributed by atoms with Gasteiger partial charge in [-0.3, -0.25) is 24.8 Å². The van der Waals surface area contributed by atoms with Crippen LogP contribution in [0.15, 0.2) is 29.3 Å². The average Bonchev–Trinajstić information content (AvgIpc) is 3.31. The number of amides is 4. The van der Waals surface area contributed by atoms with Crippen LogP contribution in [0.1, 0.15) is 36.0 Å². The molecule has 1 aromatic carbocycles. The van der Waals surface area contributed by atoms with Gasteiger partial charge in [0.25, 0.3) is 0 Å². The number of methoxy groups -OCH3 is 1. The second kappa shape index (κ2) is 7.18. The van der Waals surface area contributed by atoms with E-state index in [4.69, 9.17) is 4.74 Å². The fourth-order valence-electron chi connectivity index (χ4n) is 4.60. The highest BCUT2D eigenvalue weighted by atomic mass is 16.5. The number of benzene rings is 1. The van der Waals surface area contributed by atoms with Gasteiger partial charge in [0.2, 0.25) is 11.8 Å². The normalized spacial score (nSPS) is 29.5. The van der Waals surface area contributed by atoms with E-state index in [1.165, 1.54) is 18.2 Å². The molecule has 0 unspecified atom stereocenters. The molecule has 28 heavy (non-hydrogen) atoms. The third-order valence-corrected chi connectivity index (χ3v) is 5.94. The summed E-state index contributed by atoms with van der Waals surface area (Å²) in [5.41, 5.74) is 0.518. The number of nitrogens with one attached hydrogen (secondary N) is 1. The van der Waals surface area contributed by atoms with Crippen molar-refractivity contribution in [3.8, 4) is 0 Å². The number of nitrogens with zero attached hydrogens (tertiary/aromatic N) is 2. The zero-order valence-corrected chi connectivity index (χ0v) is 15.5. The zero-order chi connectivity index (χ0) is 19.8. The molecule has 8 nitrogen and oxygen atoms in total. The number of hydrogen-bond acceptors (Lipinski definition) is 6. The lowest BCUT2D eigenvalue weighted by atomic mass is 9.92. The number of urea groups is 1. The van der Waals surface area contributed by atoms with Gasteiger partial charge in [0.05, 0.1) is 18.4 Å². The Kier molecular flexibility index (Phi) is 4.70. The van der Waals surface area contributed by atoms with Crippen molar-refractivity contribution in [3.63, 3.8) is 0 Å². The lowest BCUT2D eigenvalue weighted by Gasteiger charge is -2.36. The first kappa shape index (κ1) is 18.3. The summed E-state index contributed by atoms with van der Waals surface area (Å²) in [5, 5.41) is 2.28. The first-order valence-corrected chi connectivity index (χ1v) is 9.39. The van der Waals surface area contributed by atoms with Crippen LogP contribution in [0.5, 0.6) is 0 Å². The number of esters is 1. The summed E-state index contributed by atoms with van der Waals surface area (Å²) < 4.78 is 4.73. The summed E-state index contributed by atoms with van der Waals surface area (Å²) in [4.78, 5) is 54.9. The number of aliphatic imine (C=N–C) groups is 1. The number of fused-ring (bicyclic) bond motifs is 2. The molecule has 1 N–H and O–H groups in total. The molecule has 1 saturated heterocycles. The van der Waals surface area contributed by atoms with Crippen LogP contribution in [0.3, 0.4) is 0 Å². The Morgan fingerprint density at radius 2 is 2.00 bits per heavy atom. The van der Waals surface area contributed by atoms with Crippen molar-refractivity contribution in [3.05, 3.63) is 29.8 Å². The molecular formula is C20H21N3O5. The zero-order valence-electron chi connectivity index (χ0n) is 15.5. The minimum absolute atomic E-state index is 0.155. The molecule has 2 aliphatic carbocycles. The van der Waals surface area contributed by atoms with Crippen molar-refractivity contribution in [1.29, 1.82) is 0 Å². The third kappa shape index (κ3) is 3.08. The van der Waals surface area contributed by atoms with Gasteiger partial charge >= 0.3 is 12.0 Å². The predicted molar refractivity (Wildman–Crippen MR) is 99.0 cm³/mol. The standard InChI is InChI=1S/C20H21N3O5/c1-28-19(26)13-4-2-3-5-15(13)21-10-14-17(24)22-20(27)23(18(14)25)16-9-11-6-7-12(16)8-11/h2-5,10-12,14,16H,6-9H2,1H3,(H,22,24,27)/t11-,12-,14-,16-/m0/s1. The van der Waals surface area contributed by atoms with Crippen molar-refractivity contribution in [2.45, 2.75) is 31.7 Å². The molecule has 3 aliphatic rings. The highest BCUT2D eigenvalue weighted by Gasteiger charge is 2.50. The van der Waals surface area contributed by atoms with Gasteiger partial charge in [-0.2, -0.15) is 0 Å². The van der Waals surface area contributed by atoms with E-state index in [1.54, 1.807) is 24.3 Å². The topological polar surface area (TPSA) is 105 Å². The van der Waals surface area contributed by atoms with Crippen LogP contribution in [-0.4, -0.2) is 48.1 Å². The second-order valence-corrected chi connectivity index (χ2v) is 7.51. The minimum atomic E-state index is -1.21. The van der Waals surface area contributed by atoms with Gasteiger partial charge in [0.1, 0.15) is 0 Å². The highest BCUT2D eigenvalue weighted by molar-refractivity contribution is 6.23. The monoisotopic (exact) mass is 383 g/mol. The largest absolute Gasteiger partial charge is 0.465 e. The molecule has 1 aromatic rings. The summed E-state index contributed by atoms with van der Waals surface area (Å²) in [7, 11) is 1.26. The molecule has 0 radical (unpaired) electrons. The molecular weight excluding hydrogens is 362 g/mol. The van der Waals surface area contributed by atoms with E-state index < -0.39 is 29.7 Å². The number of hydrogen-bond donors (Lipinski definition) is 1. The predicted octanol–water partition coefficient (Wildman–Crippen LogP) is 2.06. The van der Waals surface area contributed by atoms with Crippen LogP contribution in [0.4, 0.5) is 10.5 Å². The molecule has 0 aromatic heterocycles. The van der Waals surface area contributed by atoms with Crippen LogP contribution in [0.25, 0.3) is 0 Å². The van der Waals surface area contributed by atoms with Crippen LogP contribution < -0.4 is 5.32 Å². The maximum absolute atomic E-state index is 13.0. The summed E-state index contributed by atoms with van der Waals surface area (Å²) in [6, 6.07) is 5.69. The van der Waals surface area contributed by atoms with Crippen LogP contribution in [0.2, 0.25) is 0 Å². The maximum atomic E-state index is 13.0. The van der Waals surface area contributed by atoms with Gasteiger partial charge in [-0.25, -0.2) is 9.59 Å². The van der Waals surface area contributed by atoms with Crippen LogP contribution in [-0.2, 0) is 14.3 Å². The van der Waals surface area contributed by atoms with Crippen molar-refractivity contribution in [2.24, 2.45) is 22.7 Å². The Balaban J connectivity index is 1.58. The molecule has 3 fully saturated rings. The summed E-state index contributed by atoms with van der Waals surface area (Å²) in [6.07, 6.45) is 5.17. The molecule has 4 rings (SSSR count). The van der Waals surface area contributed by atoms with E-state index in [0.717, 1.165) is 25.7 Å². The summed E-state index contributed by atoms with van der Waals surface area (Å²) >= 11 is 0. The first-order valence-electron chi connectivity index (χ1n) is 9.39. The van der Waals surface area contributed by atoms with Crippen molar-refractivity contribution < 1.29 is 23.9 Å². The fraction of sp³-hybridized carbons (Fsp3) is 0.450. The molecule has 4 atom stereocenters. The number of ether oxygens (including phenoxy) is 1. The Hall–Kier alpha value is -3.03. The van der Waals surface area contributed by atoms with Crippen LogP contribution in [0, 0.1) is 17.8 Å². The number of carbonyl (C=O) groups excluding carboxylic acids is 4. The lowest BCUT2D eigenvalue weighted by Crippen LogP contribution is -2.62. The summed E-state index contributed by atoms with van der Waals surface area (Å²) in [6.45, 7) is 0.